The minimum atomic E-state index is -0.123. The molecule has 1 aliphatic heterocycles. The molecule has 0 unspecified atom stereocenters. The molecule has 1 atom stereocenters. The molecule has 7 heteroatoms. The molecular weight excluding hydrogens is 306 g/mol. The van der Waals surface area contributed by atoms with Crippen LogP contribution < -0.4 is 5.32 Å². The van der Waals surface area contributed by atoms with Crippen LogP contribution in [0.2, 0.25) is 0 Å². The molecule has 0 saturated carbocycles. The smallest absolute Gasteiger partial charge is 0.253 e. The van der Waals surface area contributed by atoms with Crippen LogP contribution in [0.4, 0.5) is 0 Å². The lowest BCUT2D eigenvalue weighted by Gasteiger charge is -2.29. The number of morpholine rings is 1. The first-order chi connectivity index (χ1) is 11.7. The third-order valence-corrected chi connectivity index (χ3v) is 3.91. The van der Waals surface area contributed by atoms with E-state index in [1.807, 2.05) is 13.0 Å². The lowest BCUT2D eigenvalue weighted by Crippen LogP contribution is -2.46. The number of rotatable bonds is 5. The van der Waals surface area contributed by atoms with Gasteiger partial charge in [0.15, 0.2) is 0 Å². The topological polar surface area (TPSA) is 80.2 Å². The summed E-state index contributed by atoms with van der Waals surface area (Å²) in [5, 5.41) is 3.03. The van der Waals surface area contributed by atoms with Crippen LogP contribution in [0.5, 0.6) is 0 Å². The van der Waals surface area contributed by atoms with Gasteiger partial charge < -0.3 is 10.1 Å². The molecule has 0 spiro atoms. The summed E-state index contributed by atoms with van der Waals surface area (Å²) in [6, 6.07) is 1.86. The Bertz CT molecular complexity index is 674. The Kier molecular flexibility index (Phi) is 5.45. The molecule has 0 radical (unpaired) electrons. The Morgan fingerprint density at radius 3 is 2.62 bits per heavy atom. The van der Waals surface area contributed by atoms with E-state index in [2.05, 4.69) is 25.2 Å². The fourth-order valence-corrected chi connectivity index (χ4v) is 2.69. The average molecular weight is 327 g/mol. The monoisotopic (exact) mass is 327 g/mol. The van der Waals surface area contributed by atoms with E-state index in [1.54, 1.807) is 24.8 Å². The van der Waals surface area contributed by atoms with Crippen LogP contribution in [-0.4, -0.2) is 64.6 Å². The summed E-state index contributed by atoms with van der Waals surface area (Å²) in [7, 11) is 0. The second-order valence-electron chi connectivity index (χ2n) is 5.88. The molecule has 1 amide bonds. The first kappa shape index (κ1) is 16.5. The van der Waals surface area contributed by atoms with Gasteiger partial charge in [0.1, 0.15) is 6.33 Å². The zero-order valence-corrected chi connectivity index (χ0v) is 13.7. The van der Waals surface area contributed by atoms with E-state index in [0.29, 0.717) is 5.56 Å². The van der Waals surface area contributed by atoms with Gasteiger partial charge in [0.05, 0.1) is 18.8 Å². The van der Waals surface area contributed by atoms with Crippen molar-refractivity contribution in [3.05, 3.63) is 42.7 Å². The van der Waals surface area contributed by atoms with Gasteiger partial charge in [-0.2, -0.15) is 0 Å². The fourth-order valence-electron chi connectivity index (χ4n) is 2.69. The normalized spacial score (nSPS) is 16.5. The summed E-state index contributed by atoms with van der Waals surface area (Å²) in [6.07, 6.45) is 8.15. The molecule has 2 aromatic heterocycles. The van der Waals surface area contributed by atoms with Crippen molar-refractivity contribution in [2.45, 2.75) is 13.0 Å². The molecule has 24 heavy (non-hydrogen) atoms. The fraction of sp³-hybridized carbons (Fsp3) is 0.412. The van der Waals surface area contributed by atoms with E-state index in [-0.39, 0.29) is 11.9 Å². The van der Waals surface area contributed by atoms with Crippen LogP contribution in [0.3, 0.4) is 0 Å². The number of ether oxygens (including phenoxy) is 1. The van der Waals surface area contributed by atoms with Gasteiger partial charge in [-0.15, -0.1) is 0 Å². The van der Waals surface area contributed by atoms with Gasteiger partial charge >= 0.3 is 0 Å². The molecule has 0 aliphatic carbocycles. The van der Waals surface area contributed by atoms with Gasteiger partial charge in [-0.05, 0) is 13.0 Å². The maximum Gasteiger partial charge on any atom is 0.253 e. The zero-order valence-electron chi connectivity index (χ0n) is 13.7. The lowest BCUT2D eigenvalue weighted by molar-refractivity contribution is 0.0342. The number of carbonyl (C=O) groups excluding carboxylic acids is 1. The van der Waals surface area contributed by atoms with Crippen LogP contribution in [0, 0.1) is 0 Å². The highest BCUT2D eigenvalue weighted by Gasteiger charge is 2.16. The van der Waals surface area contributed by atoms with Crippen molar-refractivity contribution in [3.63, 3.8) is 0 Å². The van der Waals surface area contributed by atoms with Crippen molar-refractivity contribution < 1.29 is 9.53 Å². The molecule has 1 saturated heterocycles. The summed E-state index contributed by atoms with van der Waals surface area (Å²) in [5.41, 5.74) is 2.19. The first-order valence-electron chi connectivity index (χ1n) is 8.04. The van der Waals surface area contributed by atoms with E-state index in [1.165, 1.54) is 6.33 Å². The Balaban J connectivity index is 1.62. The summed E-state index contributed by atoms with van der Waals surface area (Å²) in [4.78, 5) is 26.9. The maximum atomic E-state index is 12.5. The van der Waals surface area contributed by atoms with Crippen LogP contribution >= 0.6 is 0 Å². The van der Waals surface area contributed by atoms with Crippen LogP contribution in [0.15, 0.2) is 37.2 Å². The number of hydrogen-bond acceptors (Lipinski definition) is 6. The summed E-state index contributed by atoms with van der Waals surface area (Å²) >= 11 is 0. The van der Waals surface area contributed by atoms with E-state index in [0.717, 1.165) is 44.0 Å². The molecule has 7 nitrogen and oxygen atoms in total. The number of nitrogens with zero attached hydrogens (tertiary/aromatic N) is 4. The van der Waals surface area contributed by atoms with Crippen molar-refractivity contribution in [1.82, 2.24) is 25.2 Å². The Labute approximate surface area is 141 Å². The highest BCUT2D eigenvalue weighted by atomic mass is 16.5. The third kappa shape index (κ3) is 4.33. The summed E-state index contributed by atoms with van der Waals surface area (Å²) in [6.45, 7) is 6.15. The van der Waals surface area contributed by atoms with Gasteiger partial charge in [0, 0.05) is 61.6 Å². The molecule has 0 bridgehead atoms. The van der Waals surface area contributed by atoms with Crippen molar-refractivity contribution in [2.24, 2.45) is 0 Å². The zero-order chi connectivity index (χ0) is 16.8. The Morgan fingerprint density at radius 2 is 1.88 bits per heavy atom. The Morgan fingerprint density at radius 1 is 1.17 bits per heavy atom. The third-order valence-electron chi connectivity index (χ3n) is 3.91. The maximum absolute atomic E-state index is 12.5. The molecule has 3 rings (SSSR count). The van der Waals surface area contributed by atoms with Crippen LogP contribution in [0.25, 0.3) is 11.1 Å². The van der Waals surface area contributed by atoms with Crippen molar-refractivity contribution >= 4 is 5.91 Å². The number of carbonyl (C=O) groups is 1. The molecule has 1 aliphatic rings. The predicted octanol–water partition coefficient (Wildman–Crippen LogP) is 0.989. The van der Waals surface area contributed by atoms with Crippen molar-refractivity contribution in [3.8, 4) is 11.1 Å². The standard InChI is InChI=1S/C17H21N5O2/c1-13(11-22-2-4-24-5-3-22)21-17(23)15-6-14(7-18-8-15)16-9-19-12-20-10-16/h6-10,12-13H,2-5,11H2,1H3,(H,21,23)/t13-/m0/s1. The summed E-state index contributed by atoms with van der Waals surface area (Å²) in [5.74, 6) is -0.123. The second kappa shape index (κ2) is 7.94. The number of aromatic nitrogens is 3. The molecule has 3 heterocycles. The van der Waals surface area contributed by atoms with Crippen molar-refractivity contribution in [1.29, 1.82) is 0 Å². The van der Waals surface area contributed by atoms with E-state index < -0.39 is 0 Å². The van der Waals surface area contributed by atoms with E-state index in [4.69, 9.17) is 4.74 Å². The SMILES string of the molecule is C[C@@H](CN1CCOCC1)NC(=O)c1cncc(-c2cncnc2)c1. The van der Waals surface area contributed by atoms with E-state index >= 15 is 0 Å². The first-order valence-corrected chi connectivity index (χ1v) is 8.04. The summed E-state index contributed by atoms with van der Waals surface area (Å²) < 4.78 is 5.34. The second-order valence-corrected chi connectivity index (χ2v) is 5.88. The van der Waals surface area contributed by atoms with Crippen LogP contribution in [0.1, 0.15) is 17.3 Å². The number of amides is 1. The molecule has 1 N–H and O–H groups in total. The molecule has 2 aromatic rings. The average Bonchev–Trinajstić information content (AvgIpc) is 2.63. The van der Waals surface area contributed by atoms with Crippen LogP contribution in [-0.2, 0) is 4.74 Å². The van der Waals surface area contributed by atoms with Gasteiger partial charge in [0.2, 0.25) is 0 Å². The van der Waals surface area contributed by atoms with Crippen molar-refractivity contribution in [2.75, 3.05) is 32.8 Å². The number of pyridine rings is 1. The lowest BCUT2D eigenvalue weighted by atomic mass is 10.1. The number of nitrogens with one attached hydrogen (secondary N) is 1. The van der Waals surface area contributed by atoms with Gasteiger partial charge in [-0.3, -0.25) is 14.7 Å². The Hall–Kier alpha value is -2.38. The molecule has 1 fully saturated rings. The minimum Gasteiger partial charge on any atom is -0.379 e. The van der Waals surface area contributed by atoms with Gasteiger partial charge in [-0.1, -0.05) is 0 Å². The predicted molar refractivity (Wildman–Crippen MR) is 89.5 cm³/mol. The highest BCUT2D eigenvalue weighted by molar-refractivity contribution is 5.95. The largest absolute Gasteiger partial charge is 0.379 e. The van der Waals surface area contributed by atoms with E-state index in [9.17, 15) is 4.79 Å². The molecule has 0 aromatic carbocycles. The minimum absolute atomic E-state index is 0.0549. The van der Waals surface area contributed by atoms with Gasteiger partial charge in [0.25, 0.3) is 5.91 Å². The quantitative estimate of drug-likeness (QED) is 0.882. The number of hydrogen-bond donors (Lipinski definition) is 1. The molecular formula is C17H21N5O2. The molecule has 126 valence electrons. The van der Waals surface area contributed by atoms with Gasteiger partial charge in [-0.25, -0.2) is 9.97 Å². The highest BCUT2D eigenvalue weighted by Crippen LogP contribution is 2.17.